The lowest BCUT2D eigenvalue weighted by atomic mass is 9.74. The van der Waals surface area contributed by atoms with Gasteiger partial charge in [0.2, 0.25) is 0 Å². The monoisotopic (exact) mass is 685 g/mol. The summed E-state index contributed by atoms with van der Waals surface area (Å²) in [4.78, 5) is 34.0. The number of piperidine rings is 2. The van der Waals surface area contributed by atoms with E-state index in [0.717, 1.165) is 76.1 Å². The van der Waals surface area contributed by atoms with E-state index in [4.69, 9.17) is 33.0 Å². The van der Waals surface area contributed by atoms with Gasteiger partial charge in [-0.1, -0.05) is 62.2 Å². The fourth-order valence-electron chi connectivity index (χ4n) is 8.89. The summed E-state index contributed by atoms with van der Waals surface area (Å²) >= 11 is 12.4. The molecule has 1 aliphatic carbocycles. The molecule has 3 aliphatic heterocycles. The molecule has 2 aromatic rings. The number of aromatic nitrogens is 2. The lowest BCUT2D eigenvalue weighted by Crippen LogP contribution is -2.63. The van der Waals surface area contributed by atoms with Crippen LogP contribution in [0.3, 0.4) is 0 Å². The second kappa shape index (κ2) is 14.3. The highest BCUT2D eigenvalue weighted by molar-refractivity contribution is 6.42. The zero-order valence-corrected chi connectivity index (χ0v) is 30.3. The third kappa shape index (κ3) is 7.07. The van der Waals surface area contributed by atoms with Crippen LogP contribution in [0.1, 0.15) is 113 Å². The van der Waals surface area contributed by atoms with Gasteiger partial charge in [-0.2, -0.15) is 5.10 Å². The smallest absolute Gasteiger partial charge is 0.410 e. The van der Waals surface area contributed by atoms with Crippen LogP contribution >= 0.6 is 23.2 Å². The Balaban J connectivity index is 1.07. The molecule has 1 saturated carbocycles. The number of carbonyl (C=O) groups is 2. The third-order valence-corrected chi connectivity index (χ3v) is 12.7. The number of amides is 2. The van der Waals surface area contributed by atoms with Gasteiger partial charge in [0, 0.05) is 63.6 Å². The van der Waals surface area contributed by atoms with E-state index in [1.165, 1.54) is 38.5 Å². The molecule has 4 fully saturated rings. The van der Waals surface area contributed by atoms with E-state index < -0.39 is 0 Å². The normalized spacial score (nSPS) is 23.7. The molecule has 8 nitrogen and oxygen atoms in total. The SMILES string of the molecule is CCCCC1CN(CC2CCCCC2)C(=O)OC12CCN(C1(C)CCN(C(=O)c3c(C)nn(-c4ccc(Cl)c(Cl)c4)c3C)CC1)CC2. The Morgan fingerprint density at radius 1 is 1.00 bits per heavy atom. The summed E-state index contributed by atoms with van der Waals surface area (Å²) in [7, 11) is 0. The zero-order valence-electron chi connectivity index (χ0n) is 28.8. The van der Waals surface area contributed by atoms with E-state index >= 15 is 0 Å². The molecule has 258 valence electrons. The van der Waals surface area contributed by atoms with Crippen molar-refractivity contribution in [2.45, 2.75) is 116 Å². The van der Waals surface area contributed by atoms with Gasteiger partial charge in [0.1, 0.15) is 5.60 Å². The molecular weight excluding hydrogens is 633 g/mol. The van der Waals surface area contributed by atoms with E-state index in [-0.39, 0.29) is 23.1 Å². The standard InChI is InChI=1S/C37H53Cl2N5O3/c1-5-6-12-29-25-42(24-28-10-8-7-9-11-28)35(46)47-37(29)17-21-43(22-18-37)36(4)15-19-41(20-16-36)34(45)33-26(2)40-44(27(33)3)30-13-14-31(38)32(39)23-30/h13-14,23,28-29H,5-12,15-22,24-25H2,1-4H3. The molecule has 3 saturated heterocycles. The first-order valence-corrected chi connectivity index (χ1v) is 18.8. The molecule has 1 aromatic carbocycles. The number of ether oxygens (including phenoxy) is 1. The molecular formula is C37H53Cl2N5O3. The molecule has 1 spiro atoms. The van der Waals surface area contributed by atoms with Crippen molar-refractivity contribution in [2.24, 2.45) is 11.8 Å². The number of rotatable bonds is 8. The second-order valence-electron chi connectivity index (χ2n) is 15.0. The van der Waals surface area contributed by atoms with Gasteiger partial charge in [-0.3, -0.25) is 9.69 Å². The number of aryl methyl sites for hydroxylation is 1. The first kappa shape index (κ1) is 34.6. The molecule has 10 heteroatoms. The highest BCUT2D eigenvalue weighted by atomic mass is 35.5. The van der Waals surface area contributed by atoms with Crippen molar-refractivity contribution in [1.29, 1.82) is 0 Å². The molecule has 6 rings (SSSR count). The Kier molecular flexibility index (Phi) is 10.5. The minimum Gasteiger partial charge on any atom is -0.442 e. The number of halogens is 2. The number of benzene rings is 1. The van der Waals surface area contributed by atoms with E-state index in [1.807, 2.05) is 24.8 Å². The van der Waals surface area contributed by atoms with Gasteiger partial charge in [-0.25, -0.2) is 9.48 Å². The summed E-state index contributed by atoms with van der Waals surface area (Å²) in [5.74, 6) is 1.06. The van der Waals surface area contributed by atoms with Crippen molar-refractivity contribution in [2.75, 3.05) is 39.3 Å². The van der Waals surface area contributed by atoms with Crippen LogP contribution in [0.25, 0.3) is 5.69 Å². The fourth-order valence-corrected chi connectivity index (χ4v) is 9.18. The first-order chi connectivity index (χ1) is 22.5. The van der Waals surface area contributed by atoms with Gasteiger partial charge in [-0.15, -0.1) is 0 Å². The van der Waals surface area contributed by atoms with Crippen molar-refractivity contribution in [1.82, 2.24) is 24.5 Å². The number of hydrogen-bond acceptors (Lipinski definition) is 5. The van der Waals surface area contributed by atoms with Crippen molar-refractivity contribution >= 4 is 35.2 Å². The predicted molar refractivity (Wildman–Crippen MR) is 188 cm³/mol. The Morgan fingerprint density at radius 3 is 2.36 bits per heavy atom. The molecule has 1 atom stereocenters. The predicted octanol–water partition coefficient (Wildman–Crippen LogP) is 8.46. The molecule has 1 aromatic heterocycles. The van der Waals surface area contributed by atoms with Crippen LogP contribution < -0.4 is 0 Å². The van der Waals surface area contributed by atoms with Crippen LogP contribution in [0.2, 0.25) is 10.0 Å². The van der Waals surface area contributed by atoms with E-state index in [2.05, 4.69) is 23.6 Å². The molecule has 1 unspecified atom stereocenters. The molecule has 2 amide bonds. The lowest BCUT2D eigenvalue weighted by molar-refractivity contribution is -0.134. The van der Waals surface area contributed by atoms with Gasteiger partial charge >= 0.3 is 6.09 Å². The van der Waals surface area contributed by atoms with Crippen molar-refractivity contribution in [3.8, 4) is 5.69 Å². The van der Waals surface area contributed by atoms with Gasteiger partial charge in [-0.05, 0) is 77.0 Å². The minimum atomic E-state index is -0.345. The fraction of sp³-hybridized carbons (Fsp3) is 0.703. The summed E-state index contributed by atoms with van der Waals surface area (Å²) in [6.45, 7) is 13.4. The van der Waals surface area contributed by atoms with E-state index in [1.54, 1.807) is 16.8 Å². The maximum atomic E-state index is 13.9. The summed E-state index contributed by atoms with van der Waals surface area (Å²) in [6, 6.07) is 5.40. The van der Waals surface area contributed by atoms with Gasteiger partial charge in [0.15, 0.2) is 0 Å². The van der Waals surface area contributed by atoms with Gasteiger partial charge in [0.05, 0.1) is 32.7 Å². The van der Waals surface area contributed by atoms with Gasteiger partial charge in [0.25, 0.3) is 5.91 Å². The summed E-state index contributed by atoms with van der Waals surface area (Å²) in [5, 5.41) is 5.64. The minimum absolute atomic E-state index is 0.0112. The lowest BCUT2D eigenvalue weighted by Gasteiger charge is -2.55. The number of nitrogens with zero attached hydrogens (tertiary/aromatic N) is 5. The summed E-state index contributed by atoms with van der Waals surface area (Å²) in [6.07, 6.45) is 13.4. The summed E-state index contributed by atoms with van der Waals surface area (Å²) < 4.78 is 8.28. The first-order valence-electron chi connectivity index (χ1n) is 18.1. The molecule has 47 heavy (non-hydrogen) atoms. The number of unbranched alkanes of at least 4 members (excludes halogenated alkanes) is 1. The average Bonchev–Trinajstić information content (AvgIpc) is 3.37. The topological polar surface area (TPSA) is 70.9 Å². The number of likely N-dealkylation sites (tertiary alicyclic amines) is 2. The molecule has 0 bridgehead atoms. The van der Waals surface area contributed by atoms with Crippen LogP contribution in [-0.4, -0.2) is 86.9 Å². The Bertz CT molecular complexity index is 1440. The second-order valence-corrected chi connectivity index (χ2v) is 15.8. The Morgan fingerprint density at radius 2 is 1.70 bits per heavy atom. The van der Waals surface area contributed by atoms with Crippen molar-refractivity contribution in [3.63, 3.8) is 0 Å². The number of carbonyl (C=O) groups excluding carboxylic acids is 2. The number of hydrogen-bond donors (Lipinski definition) is 0. The van der Waals surface area contributed by atoms with Crippen LogP contribution in [0, 0.1) is 25.7 Å². The molecule has 4 aliphatic rings. The Labute approximate surface area is 291 Å². The maximum Gasteiger partial charge on any atom is 0.410 e. The average molecular weight is 687 g/mol. The zero-order chi connectivity index (χ0) is 33.3. The third-order valence-electron chi connectivity index (χ3n) is 12.0. The van der Waals surface area contributed by atoms with Crippen LogP contribution in [-0.2, 0) is 4.74 Å². The van der Waals surface area contributed by atoms with Crippen molar-refractivity contribution < 1.29 is 14.3 Å². The molecule has 0 N–H and O–H groups in total. The quantitative estimate of drug-likeness (QED) is 0.279. The van der Waals surface area contributed by atoms with Crippen LogP contribution in [0.4, 0.5) is 4.79 Å². The maximum absolute atomic E-state index is 13.9. The van der Waals surface area contributed by atoms with E-state index in [9.17, 15) is 9.59 Å². The molecule has 0 radical (unpaired) electrons. The van der Waals surface area contributed by atoms with Crippen LogP contribution in [0.15, 0.2) is 18.2 Å². The highest BCUT2D eigenvalue weighted by Crippen LogP contribution is 2.44. The van der Waals surface area contributed by atoms with E-state index in [0.29, 0.717) is 46.2 Å². The Hall–Kier alpha value is -2.29. The summed E-state index contributed by atoms with van der Waals surface area (Å²) in [5.41, 5.74) is 2.63. The largest absolute Gasteiger partial charge is 0.442 e. The molecule has 4 heterocycles. The highest BCUT2D eigenvalue weighted by Gasteiger charge is 2.51. The van der Waals surface area contributed by atoms with Crippen LogP contribution in [0.5, 0.6) is 0 Å². The van der Waals surface area contributed by atoms with Gasteiger partial charge < -0.3 is 14.5 Å². The van der Waals surface area contributed by atoms with Crippen molar-refractivity contribution in [3.05, 3.63) is 45.2 Å².